The Kier molecular flexibility index (Phi) is 4.68. The summed E-state index contributed by atoms with van der Waals surface area (Å²) in [7, 11) is 0. The van der Waals surface area contributed by atoms with E-state index in [-0.39, 0.29) is 0 Å². The number of aromatic nitrogens is 2. The number of hydrogen-bond acceptors (Lipinski definition) is 4. The van der Waals surface area contributed by atoms with Crippen LogP contribution in [0.2, 0.25) is 0 Å². The Balaban J connectivity index is 0.000000160. The minimum Gasteiger partial charge on any atom is -0.428 e. The smallest absolute Gasteiger partial charge is 0.142 e. The van der Waals surface area contributed by atoms with Gasteiger partial charge in [-0.15, -0.1) is 0 Å². The van der Waals surface area contributed by atoms with E-state index in [1.807, 2.05) is 0 Å². The summed E-state index contributed by atoms with van der Waals surface area (Å²) in [5.74, 6) is 0. The molecule has 0 unspecified atom stereocenters. The van der Waals surface area contributed by atoms with Crippen LogP contribution in [0.3, 0.4) is 0 Å². The van der Waals surface area contributed by atoms with E-state index in [2.05, 4.69) is 24.4 Å². The van der Waals surface area contributed by atoms with Crippen molar-refractivity contribution in [2.45, 2.75) is 0 Å². The lowest BCUT2D eigenvalue weighted by molar-refractivity contribution is 0.180. The van der Waals surface area contributed by atoms with Crippen LogP contribution in [0.1, 0.15) is 0 Å². The van der Waals surface area contributed by atoms with Crippen molar-refractivity contribution in [2.24, 2.45) is 0 Å². The minimum absolute atomic E-state index is 0.424. The van der Waals surface area contributed by atoms with Crippen molar-refractivity contribution in [1.82, 2.24) is 9.46 Å². The van der Waals surface area contributed by atoms with Crippen molar-refractivity contribution >= 4 is 24.4 Å². The molecular formula is C10H10N2O2S2. The van der Waals surface area contributed by atoms with Gasteiger partial charge in [0.05, 0.1) is 0 Å². The second-order valence-corrected chi connectivity index (χ2v) is 3.60. The van der Waals surface area contributed by atoms with Crippen molar-refractivity contribution in [3.63, 3.8) is 0 Å². The molecule has 0 saturated heterocycles. The van der Waals surface area contributed by atoms with Crippen LogP contribution in [-0.4, -0.2) is 19.9 Å². The summed E-state index contributed by atoms with van der Waals surface area (Å²) in [6, 6.07) is 10.3. The second-order valence-electron chi connectivity index (χ2n) is 2.77. The first-order valence-corrected chi connectivity index (χ1v) is 5.17. The molecule has 6 heteroatoms. The maximum atomic E-state index is 8.73. The standard InChI is InChI=1S/2C5H5NOS/c2*7-6-4-2-1-3-5(6)8/h2*1-4,7H. The van der Waals surface area contributed by atoms with Gasteiger partial charge in [0, 0.05) is 12.4 Å². The Labute approximate surface area is 103 Å². The summed E-state index contributed by atoms with van der Waals surface area (Å²) < 4.78 is 2.64. The molecule has 4 nitrogen and oxygen atoms in total. The molecule has 0 amide bonds. The van der Waals surface area contributed by atoms with E-state index in [9.17, 15) is 0 Å². The molecule has 2 rings (SSSR count). The third-order valence-corrected chi connectivity index (χ3v) is 2.25. The van der Waals surface area contributed by atoms with E-state index in [1.54, 1.807) is 36.4 Å². The van der Waals surface area contributed by atoms with E-state index < -0.39 is 0 Å². The summed E-state index contributed by atoms with van der Waals surface area (Å²) >= 11 is 9.33. The molecule has 2 aromatic rings. The lowest BCUT2D eigenvalue weighted by Gasteiger charge is -1.90. The Bertz CT molecular complexity index is 511. The molecule has 0 atom stereocenters. The minimum atomic E-state index is 0.424. The van der Waals surface area contributed by atoms with Gasteiger partial charge in [-0.2, -0.15) is 9.46 Å². The number of pyridine rings is 2. The van der Waals surface area contributed by atoms with E-state index >= 15 is 0 Å². The Hall–Kier alpha value is -1.66. The van der Waals surface area contributed by atoms with Crippen molar-refractivity contribution < 1.29 is 10.4 Å². The fourth-order valence-electron chi connectivity index (χ4n) is 0.838. The van der Waals surface area contributed by atoms with Gasteiger partial charge in [0.2, 0.25) is 0 Å². The molecule has 0 aliphatic rings. The summed E-state index contributed by atoms with van der Waals surface area (Å²) in [4.78, 5) is 0. The highest BCUT2D eigenvalue weighted by Crippen LogP contribution is 1.87. The van der Waals surface area contributed by atoms with Gasteiger partial charge in [-0.25, -0.2) is 0 Å². The zero-order valence-electron chi connectivity index (χ0n) is 8.22. The van der Waals surface area contributed by atoms with Crippen LogP contribution >= 0.6 is 24.4 Å². The largest absolute Gasteiger partial charge is 0.428 e. The lowest BCUT2D eigenvalue weighted by Crippen LogP contribution is -1.89. The van der Waals surface area contributed by atoms with Gasteiger partial charge < -0.3 is 10.4 Å². The van der Waals surface area contributed by atoms with Gasteiger partial charge in [0.25, 0.3) is 0 Å². The van der Waals surface area contributed by atoms with Crippen LogP contribution in [-0.2, 0) is 0 Å². The molecule has 0 aliphatic carbocycles. The zero-order valence-corrected chi connectivity index (χ0v) is 9.86. The average Bonchev–Trinajstić information content (AvgIpc) is 2.28. The van der Waals surface area contributed by atoms with Gasteiger partial charge in [-0.1, -0.05) is 36.6 Å². The first kappa shape index (κ1) is 12.4. The van der Waals surface area contributed by atoms with E-state index in [4.69, 9.17) is 10.4 Å². The monoisotopic (exact) mass is 254 g/mol. The first-order chi connectivity index (χ1) is 7.61. The Morgan fingerprint density at radius 3 is 1.31 bits per heavy atom. The molecule has 0 spiro atoms. The van der Waals surface area contributed by atoms with Crippen LogP contribution in [0.15, 0.2) is 48.8 Å². The van der Waals surface area contributed by atoms with Crippen molar-refractivity contribution in [3.05, 3.63) is 58.1 Å². The second kappa shape index (κ2) is 6.04. The molecule has 0 saturated carbocycles. The van der Waals surface area contributed by atoms with Crippen LogP contribution in [0.4, 0.5) is 0 Å². The average molecular weight is 254 g/mol. The van der Waals surface area contributed by atoms with Crippen LogP contribution in [0, 0.1) is 9.28 Å². The first-order valence-electron chi connectivity index (χ1n) is 4.35. The van der Waals surface area contributed by atoms with Gasteiger partial charge in [-0.05, 0) is 24.3 Å². The molecule has 2 N–H and O–H groups in total. The number of rotatable bonds is 0. The fraction of sp³-hybridized carbons (Fsp3) is 0. The highest BCUT2D eigenvalue weighted by molar-refractivity contribution is 7.71. The topological polar surface area (TPSA) is 50.3 Å². The molecular weight excluding hydrogens is 244 g/mol. The fourth-order valence-corrected chi connectivity index (χ4v) is 1.12. The molecule has 84 valence electrons. The third kappa shape index (κ3) is 3.84. The Morgan fingerprint density at radius 1 is 0.750 bits per heavy atom. The predicted molar refractivity (Wildman–Crippen MR) is 64.9 cm³/mol. The predicted octanol–water partition coefficient (Wildman–Crippen LogP) is 2.91. The molecule has 16 heavy (non-hydrogen) atoms. The summed E-state index contributed by atoms with van der Waals surface area (Å²) in [5, 5.41) is 17.5. The van der Waals surface area contributed by atoms with Crippen LogP contribution in [0.25, 0.3) is 0 Å². The SMILES string of the molecule is On1ccccc1=S.On1ccccc1=S. The van der Waals surface area contributed by atoms with E-state index in [0.717, 1.165) is 9.46 Å². The van der Waals surface area contributed by atoms with Gasteiger partial charge in [-0.3, -0.25) is 0 Å². The maximum absolute atomic E-state index is 8.73. The number of nitrogens with zero attached hydrogens (tertiary/aromatic N) is 2. The summed E-state index contributed by atoms with van der Waals surface area (Å²) in [6.45, 7) is 0. The molecule has 2 heterocycles. The van der Waals surface area contributed by atoms with Gasteiger partial charge in [0.15, 0.2) is 0 Å². The third-order valence-electron chi connectivity index (χ3n) is 1.61. The van der Waals surface area contributed by atoms with Crippen LogP contribution in [0.5, 0.6) is 0 Å². The number of hydrogen-bond donors (Lipinski definition) is 2. The van der Waals surface area contributed by atoms with E-state index in [0.29, 0.717) is 9.28 Å². The highest BCUT2D eigenvalue weighted by atomic mass is 32.1. The molecule has 0 bridgehead atoms. The van der Waals surface area contributed by atoms with Crippen molar-refractivity contribution in [2.75, 3.05) is 0 Å². The van der Waals surface area contributed by atoms with Crippen LogP contribution < -0.4 is 0 Å². The highest BCUT2D eigenvalue weighted by Gasteiger charge is 1.78. The zero-order chi connectivity index (χ0) is 12.0. The lowest BCUT2D eigenvalue weighted by atomic mass is 10.5. The molecule has 0 aliphatic heterocycles. The molecule has 0 aromatic carbocycles. The van der Waals surface area contributed by atoms with Crippen molar-refractivity contribution in [1.29, 1.82) is 0 Å². The summed E-state index contributed by atoms with van der Waals surface area (Å²) in [6.07, 6.45) is 2.98. The Morgan fingerprint density at radius 2 is 1.12 bits per heavy atom. The molecule has 0 radical (unpaired) electrons. The molecule has 0 fully saturated rings. The van der Waals surface area contributed by atoms with E-state index in [1.165, 1.54) is 12.4 Å². The van der Waals surface area contributed by atoms with Gasteiger partial charge in [0.1, 0.15) is 9.28 Å². The summed E-state index contributed by atoms with van der Waals surface area (Å²) in [5.41, 5.74) is 0. The normalized spacial score (nSPS) is 9.00. The quantitative estimate of drug-likeness (QED) is 0.560. The maximum Gasteiger partial charge on any atom is 0.142 e. The molecule has 2 aromatic heterocycles. The van der Waals surface area contributed by atoms with Crippen molar-refractivity contribution in [3.8, 4) is 0 Å². The van der Waals surface area contributed by atoms with Gasteiger partial charge >= 0.3 is 0 Å².